The fourth-order valence-electron chi connectivity index (χ4n) is 2.23. The molecule has 3 nitrogen and oxygen atoms in total. The Kier molecular flexibility index (Phi) is 5.25. The summed E-state index contributed by atoms with van der Waals surface area (Å²) in [7, 11) is 0. The molecule has 0 heterocycles. The van der Waals surface area contributed by atoms with Gasteiger partial charge in [0.05, 0.1) is 10.0 Å². The van der Waals surface area contributed by atoms with Crippen molar-refractivity contribution in [1.29, 1.82) is 0 Å². The van der Waals surface area contributed by atoms with E-state index in [0.29, 0.717) is 16.6 Å². The van der Waals surface area contributed by atoms with Gasteiger partial charge >= 0.3 is 5.97 Å². The Bertz CT molecular complexity index is 475. The molecule has 0 bridgehead atoms. The summed E-state index contributed by atoms with van der Waals surface area (Å²) in [6.07, 6.45) is 0. The van der Waals surface area contributed by atoms with Gasteiger partial charge in [0.1, 0.15) is 5.54 Å². The molecule has 1 aromatic rings. The third-order valence-electron chi connectivity index (χ3n) is 3.48. The van der Waals surface area contributed by atoms with Crippen LogP contribution >= 0.6 is 23.2 Å². The van der Waals surface area contributed by atoms with Crippen LogP contribution in [0.4, 0.5) is 0 Å². The van der Waals surface area contributed by atoms with Gasteiger partial charge in [-0.25, -0.2) is 0 Å². The van der Waals surface area contributed by atoms with Crippen molar-refractivity contribution in [2.75, 3.05) is 6.54 Å². The summed E-state index contributed by atoms with van der Waals surface area (Å²) in [6.45, 7) is 7.94. The van der Waals surface area contributed by atoms with Gasteiger partial charge in [0.2, 0.25) is 0 Å². The van der Waals surface area contributed by atoms with Gasteiger partial charge < -0.3 is 5.11 Å². The lowest BCUT2D eigenvalue weighted by atomic mass is 9.97. The van der Waals surface area contributed by atoms with Crippen molar-refractivity contribution in [2.24, 2.45) is 0 Å². The SMILES string of the molecule is CCN(C(C)c1ccc(Cl)c(Cl)c1)C(C)(C)C(=O)O. The molecule has 0 amide bonds. The predicted molar refractivity (Wildman–Crippen MR) is 79.0 cm³/mol. The Balaban J connectivity index is 3.11. The second kappa shape index (κ2) is 6.12. The largest absolute Gasteiger partial charge is 0.480 e. The highest BCUT2D eigenvalue weighted by molar-refractivity contribution is 6.42. The Hall–Kier alpha value is -0.770. The number of aliphatic carboxylic acids is 1. The number of carboxylic acids is 1. The maximum atomic E-state index is 11.4. The van der Waals surface area contributed by atoms with Crippen molar-refractivity contribution >= 4 is 29.2 Å². The minimum absolute atomic E-state index is 0.0640. The molecule has 1 rings (SSSR count). The maximum Gasteiger partial charge on any atom is 0.323 e. The molecule has 0 saturated carbocycles. The number of hydrogen-bond donors (Lipinski definition) is 1. The summed E-state index contributed by atoms with van der Waals surface area (Å²) in [5, 5.41) is 10.3. The zero-order valence-electron chi connectivity index (χ0n) is 11.6. The number of nitrogens with zero attached hydrogens (tertiary/aromatic N) is 1. The molecule has 1 N–H and O–H groups in total. The van der Waals surface area contributed by atoms with Crippen LogP contribution in [-0.4, -0.2) is 28.1 Å². The Morgan fingerprint density at radius 2 is 1.95 bits per heavy atom. The van der Waals surface area contributed by atoms with E-state index in [9.17, 15) is 9.90 Å². The first-order valence-corrected chi connectivity index (χ1v) is 6.92. The van der Waals surface area contributed by atoms with Crippen molar-refractivity contribution in [3.05, 3.63) is 33.8 Å². The molecule has 5 heteroatoms. The second-order valence-corrected chi connectivity index (χ2v) is 5.81. The molecule has 0 spiro atoms. The zero-order valence-corrected chi connectivity index (χ0v) is 13.1. The van der Waals surface area contributed by atoms with Crippen molar-refractivity contribution in [3.63, 3.8) is 0 Å². The van der Waals surface area contributed by atoms with Crippen LogP contribution in [0.2, 0.25) is 10.0 Å². The molecule has 106 valence electrons. The number of carboxylic acid groups (broad SMARTS) is 1. The Labute approximate surface area is 124 Å². The van der Waals surface area contributed by atoms with Gasteiger partial charge in [-0.2, -0.15) is 0 Å². The molecule has 19 heavy (non-hydrogen) atoms. The smallest absolute Gasteiger partial charge is 0.323 e. The average Bonchev–Trinajstić information content (AvgIpc) is 2.32. The summed E-state index contributed by atoms with van der Waals surface area (Å²) in [5.41, 5.74) is 0.00544. The molecule has 1 aromatic carbocycles. The summed E-state index contributed by atoms with van der Waals surface area (Å²) in [4.78, 5) is 13.3. The van der Waals surface area contributed by atoms with Crippen LogP contribution in [0.5, 0.6) is 0 Å². The minimum atomic E-state index is -0.944. The molecule has 1 atom stereocenters. The van der Waals surface area contributed by atoms with Gasteiger partial charge in [0.25, 0.3) is 0 Å². The van der Waals surface area contributed by atoms with E-state index >= 15 is 0 Å². The average molecular weight is 304 g/mol. The van der Waals surface area contributed by atoms with Gasteiger partial charge in [-0.1, -0.05) is 36.2 Å². The van der Waals surface area contributed by atoms with Crippen LogP contribution in [0.3, 0.4) is 0 Å². The fourth-order valence-corrected chi connectivity index (χ4v) is 2.53. The van der Waals surface area contributed by atoms with E-state index < -0.39 is 11.5 Å². The number of rotatable bonds is 5. The van der Waals surface area contributed by atoms with Gasteiger partial charge in [0.15, 0.2) is 0 Å². The van der Waals surface area contributed by atoms with Gasteiger partial charge in [-0.3, -0.25) is 9.69 Å². The lowest BCUT2D eigenvalue weighted by molar-refractivity contribution is -0.150. The lowest BCUT2D eigenvalue weighted by Gasteiger charge is -2.39. The van der Waals surface area contributed by atoms with Crippen molar-refractivity contribution in [3.8, 4) is 0 Å². The van der Waals surface area contributed by atoms with Gasteiger partial charge in [0, 0.05) is 6.04 Å². The quantitative estimate of drug-likeness (QED) is 0.884. The fraction of sp³-hybridized carbons (Fsp3) is 0.500. The van der Waals surface area contributed by atoms with E-state index in [-0.39, 0.29) is 6.04 Å². The number of halogens is 2. The van der Waals surface area contributed by atoms with Crippen LogP contribution in [0.1, 0.15) is 39.3 Å². The van der Waals surface area contributed by atoms with Crippen LogP contribution in [0.25, 0.3) is 0 Å². The maximum absolute atomic E-state index is 11.4. The van der Waals surface area contributed by atoms with Gasteiger partial charge in [-0.15, -0.1) is 0 Å². The van der Waals surface area contributed by atoms with E-state index in [2.05, 4.69) is 0 Å². The molecule has 0 aliphatic rings. The first-order valence-electron chi connectivity index (χ1n) is 6.16. The molecule has 0 aromatic heterocycles. The van der Waals surface area contributed by atoms with Crippen molar-refractivity contribution in [1.82, 2.24) is 4.90 Å². The highest BCUT2D eigenvalue weighted by Crippen LogP contribution is 2.31. The van der Waals surface area contributed by atoms with E-state index in [1.807, 2.05) is 24.8 Å². The predicted octanol–water partition coefficient (Wildman–Crippen LogP) is 4.24. The molecule has 0 fully saturated rings. The topological polar surface area (TPSA) is 40.5 Å². The zero-order chi connectivity index (χ0) is 14.8. The normalized spacial score (nSPS) is 13.6. The highest BCUT2D eigenvalue weighted by atomic mass is 35.5. The lowest BCUT2D eigenvalue weighted by Crippen LogP contribution is -2.50. The van der Waals surface area contributed by atoms with Crippen LogP contribution in [0, 0.1) is 0 Å². The third kappa shape index (κ3) is 3.41. The number of hydrogen-bond acceptors (Lipinski definition) is 2. The van der Waals surface area contributed by atoms with E-state index in [1.54, 1.807) is 26.0 Å². The van der Waals surface area contributed by atoms with Crippen molar-refractivity contribution in [2.45, 2.75) is 39.3 Å². The first-order chi connectivity index (χ1) is 8.71. The number of benzene rings is 1. The summed E-state index contributed by atoms with van der Waals surface area (Å²) < 4.78 is 0. The Morgan fingerprint density at radius 1 is 1.37 bits per heavy atom. The molecule has 0 radical (unpaired) electrons. The molecule has 0 aliphatic heterocycles. The molecule has 0 aliphatic carbocycles. The van der Waals surface area contributed by atoms with Gasteiger partial charge in [-0.05, 0) is 45.0 Å². The van der Waals surface area contributed by atoms with Crippen molar-refractivity contribution < 1.29 is 9.90 Å². The summed E-state index contributed by atoms with van der Waals surface area (Å²) >= 11 is 11.9. The van der Waals surface area contributed by atoms with E-state index in [0.717, 1.165) is 5.56 Å². The summed E-state index contributed by atoms with van der Waals surface area (Å²) in [6, 6.07) is 5.33. The molecule has 1 unspecified atom stereocenters. The summed E-state index contributed by atoms with van der Waals surface area (Å²) in [5.74, 6) is -0.846. The van der Waals surface area contributed by atoms with E-state index in [4.69, 9.17) is 23.2 Å². The molecular formula is C14H19Cl2NO2. The number of carbonyl (C=O) groups is 1. The standard InChI is InChI=1S/C14H19Cl2NO2/c1-5-17(14(3,4)13(18)19)9(2)10-6-7-11(15)12(16)8-10/h6-9H,5H2,1-4H3,(H,18,19). The Morgan fingerprint density at radius 3 is 2.37 bits per heavy atom. The number of likely N-dealkylation sites (N-methyl/N-ethyl adjacent to an activating group) is 1. The van der Waals surface area contributed by atoms with E-state index in [1.165, 1.54) is 0 Å². The van der Waals surface area contributed by atoms with Crippen LogP contribution in [0.15, 0.2) is 18.2 Å². The van der Waals surface area contributed by atoms with Crippen LogP contribution < -0.4 is 0 Å². The minimum Gasteiger partial charge on any atom is -0.480 e. The highest BCUT2D eigenvalue weighted by Gasteiger charge is 2.36. The first kappa shape index (κ1) is 16.3. The monoisotopic (exact) mass is 303 g/mol. The molecule has 0 saturated heterocycles. The third-order valence-corrected chi connectivity index (χ3v) is 4.21. The van der Waals surface area contributed by atoms with Crippen LogP contribution in [-0.2, 0) is 4.79 Å². The molecular weight excluding hydrogens is 285 g/mol. The second-order valence-electron chi connectivity index (χ2n) is 5.00.